The van der Waals surface area contributed by atoms with Gasteiger partial charge < -0.3 is 29.4 Å². The quantitative estimate of drug-likeness (QED) is 0.466. The molecule has 0 aliphatic heterocycles. The fourth-order valence-electron chi connectivity index (χ4n) is 2.92. The van der Waals surface area contributed by atoms with Crippen LogP contribution in [0.5, 0.6) is 23.0 Å². The number of nitrogens with one attached hydrogen (secondary N) is 1. The molecule has 2 aromatic rings. The lowest BCUT2D eigenvalue weighted by atomic mass is 10.1. The molecular weight excluding hydrogens is 454 g/mol. The highest BCUT2D eigenvalue weighted by Gasteiger charge is 2.16. The van der Waals surface area contributed by atoms with E-state index in [1.165, 1.54) is 52.7 Å². The van der Waals surface area contributed by atoms with Gasteiger partial charge in [-0.3, -0.25) is 9.59 Å². The van der Waals surface area contributed by atoms with Gasteiger partial charge in [-0.15, -0.1) is 0 Å². The first kappa shape index (κ1) is 25.5. The predicted octanol–water partition coefficient (Wildman–Crippen LogP) is 2.72. The van der Waals surface area contributed by atoms with Crippen LogP contribution in [-0.4, -0.2) is 53.8 Å². The molecule has 0 radical (unpaired) electrons. The van der Waals surface area contributed by atoms with Crippen LogP contribution < -0.4 is 24.3 Å². The first-order valence-corrected chi connectivity index (χ1v) is 11.2. The van der Waals surface area contributed by atoms with Crippen molar-refractivity contribution in [1.82, 2.24) is 0 Å². The van der Waals surface area contributed by atoms with Gasteiger partial charge in [-0.1, -0.05) is 6.07 Å². The third kappa shape index (κ3) is 7.14. The Kier molecular flexibility index (Phi) is 8.69. The minimum Gasteiger partial charge on any atom is -0.496 e. The largest absolute Gasteiger partial charge is 0.496 e. The van der Waals surface area contributed by atoms with E-state index in [1.807, 2.05) is 0 Å². The number of carboxylic acids is 1. The first-order chi connectivity index (χ1) is 15.6. The second-order valence-electron chi connectivity index (χ2n) is 6.71. The lowest BCUT2D eigenvalue weighted by Gasteiger charge is -2.13. The Labute approximate surface area is 191 Å². The molecule has 0 aliphatic rings. The number of rotatable bonds is 11. The molecule has 0 aromatic heterocycles. The Morgan fingerprint density at radius 2 is 1.55 bits per heavy atom. The Bertz CT molecular complexity index is 1130. The number of sulfone groups is 1. The van der Waals surface area contributed by atoms with Gasteiger partial charge in [0, 0.05) is 17.5 Å². The minimum absolute atomic E-state index is 0.166. The van der Waals surface area contributed by atoms with Crippen LogP contribution in [0.15, 0.2) is 35.7 Å². The van der Waals surface area contributed by atoms with Crippen molar-refractivity contribution in [2.24, 2.45) is 0 Å². The Hall–Kier alpha value is -3.73. The molecule has 2 rings (SSSR count). The second kappa shape index (κ2) is 11.2. The highest BCUT2D eigenvalue weighted by atomic mass is 32.2. The van der Waals surface area contributed by atoms with Crippen molar-refractivity contribution in [3.05, 3.63) is 46.9 Å². The van der Waals surface area contributed by atoms with Crippen LogP contribution in [0.25, 0.3) is 6.08 Å². The molecule has 2 aromatic carbocycles. The predicted molar refractivity (Wildman–Crippen MR) is 122 cm³/mol. The van der Waals surface area contributed by atoms with Crippen molar-refractivity contribution in [1.29, 1.82) is 0 Å². The molecule has 10 nitrogen and oxygen atoms in total. The number of methoxy groups -OCH3 is 4. The van der Waals surface area contributed by atoms with Crippen molar-refractivity contribution in [3.8, 4) is 23.0 Å². The van der Waals surface area contributed by atoms with Crippen LogP contribution in [0.2, 0.25) is 0 Å². The Morgan fingerprint density at radius 1 is 0.939 bits per heavy atom. The standard InChI is InChI=1S/C22H25NO9S/c1-29-15-10-19(31-3)16(20(11-15)32-4)7-8-33(27,28)13-14-5-6-18(30-2)17(9-14)23-21(24)12-22(25)26/h5-11H,12-13H2,1-4H3,(H,23,24)(H,25,26)/b8-7-. The summed E-state index contributed by atoms with van der Waals surface area (Å²) < 4.78 is 46.4. The average molecular weight is 480 g/mol. The van der Waals surface area contributed by atoms with Crippen LogP contribution in [0, 0.1) is 0 Å². The van der Waals surface area contributed by atoms with Crippen molar-refractivity contribution < 1.29 is 42.1 Å². The first-order valence-electron chi connectivity index (χ1n) is 9.51. The number of ether oxygens (including phenoxy) is 4. The summed E-state index contributed by atoms with van der Waals surface area (Å²) in [6, 6.07) is 7.64. The summed E-state index contributed by atoms with van der Waals surface area (Å²) in [5.74, 6) is -0.955. The van der Waals surface area contributed by atoms with E-state index in [0.717, 1.165) is 5.41 Å². The van der Waals surface area contributed by atoms with Gasteiger partial charge in [0.25, 0.3) is 0 Å². The van der Waals surface area contributed by atoms with Gasteiger partial charge in [0.05, 0.1) is 45.4 Å². The molecule has 1 amide bonds. The van der Waals surface area contributed by atoms with Crippen LogP contribution in [0.4, 0.5) is 5.69 Å². The Balaban J connectivity index is 2.31. The zero-order valence-electron chi connectivity index (χ0n) is 18.6. The molecule has 0 unspecified atom stereocenters. The van der Waals surface area contributed by atoms with E-state index < -0.39 is 28.1 Å². The van der Waals surface area contributed by atoms with Gasteiger partial charge in [-0.2, -0.15) is 0 Å². The molecule has 0 saturated carbocycles. The lowest BCUT2D eigenvalue weighted by Crippen LogP contribution is -2.16. The summed E-state index contributed by atoms with van der Waals surface area (Å²) in [5, 5.41) is 12.2. The molecule has 0 bridgehead atoms. The molecule has 33 heavy (non-hydrogen) atoms. The van der Waals surface area contributed by atoms with Crippen molar-refractivity contribution in [3.63, 3.8) is 0 Å². The summed E-state index contributed by atoms with van der Waals surface area (Å²) in [7, 11) is 1.99. The third-order valence-corrected chi connectivity index (χ3v) is 5.70. The van der Waals surface area contributed by atoms with Gasteiger partial charge in [0.15, 0.2) is 9.84 Å². The molecule has 178 valence electrons. The zero-order valence-corrected chi connectivity index (χ0v) is 19.4. The molecule has 2 N–H and O–H groups in total. The fourth-order valence-corrected chi connectivity index (χ4v) is 4.01. The number of benzene rings is 2. The van der Waals surface area contributed by atoms with Crippen molar-refractivity contribution in [2.75, 3.05) is 33.8 Å². The summed E-state index contributed by atoms with van der Waals surface area (Å²) in [6.45, 7) is 0. The molecule has 0 fully saturated rings. The molecule has 0 spiro atoms. The van der Waals surface area contributed by atoms with Gasteiger partial charge >= 0.3 is 5.97 Å². The zero-order chi connectivity index (χ0) is 24.6. The maximum atomic E-state index is 12.7. The molecule has 0 atom stereocenters. The molecular formula is C22H25NO9S. The molecule has 0 saturated heterocycles. The number of anilines is 1. The third-order valence-electron chi connectivity index (χ3n) is 4.41. The highest BCUT2D eigenvalue weighted by Crippen LogP contribution is 2.35. The van der Waals surface area contributed by atoms with Crippen molar-refractivity contribution in [2.45, 2.75) is 12.2 Å². The number of carbonyl (C=O) groups excluding carboxylic acids is 1. The van der Waals surface area contributed by atoms with Crippen LogP contribution >= 0.6 is 0 Å². The van der Waals surface area contributed by atoms with Gasteiger partial charge in [-0.25, -0.2) is 8.42 Å². The van der Waals surface area contributed by atoms with Gasteiger partial charge in [0.2, 0.25) is 5.91 Å². The van der Waals surface area contributed by atoms with E-state index >= 15 is 0 Å². The normalized spacial score (nSPS) is 11.2. The molecule has 0 heterocycles. The minimum atomic E-state index is -3.75. The van der Waals surface area contributed by atoms with E-state index in [0.29, 0.717) is 28.4 Å². The summed E-state index contributed by atoms with van der Waals surface area (Å²) >= 11 is 0. The van der Waals surface area contributed by atoms with Crippen LogP contribution in [0.3, 0.4) is 0 Å². The highest BCUT2D eigenvalue weighted by molar-refractivity contribution is 7.93. The van der Waals surface area contributed by atoms with E-state index in [4.69, 9.17) is 24.1 Å². The number of carboxylic acid groups (broad SMARTS) is 1. The SMILES string of the molecule is COc1cc(OC)c(/C=C\S(=O)(=O)Cc2ccc(OC)c(NC(=O)CC(=O)O)c2)c(OC)c1. The van der Waals surface area contributed by atoms with Crippen LogP contribution in [0.1, 0.15) is 17.5 Å². The fraction of sp³-hybridized carbons (Fsp3) is 0.273. The van der Waals surface area contributed by atoms with E-state index in [9.17, 15) is 18.0 Å². The maximum Gasteiger partial charge on any atom is 0.312 e. The smallest absolute Gasteiger partial charge is 0.312 e. The number of aliphatic carboxylic acids is 1. The Morgan fingerprint density at radius 3 is 2.06 bits per heavy atom. The molecule has 0 aliphatic carbocycles. The number of hydrogen-bond donors (Lipinski definition) is 2. The van der Waals surface area contributed by atoms with E-state index in [2.05, 4.69) is 5.32 Å². The van der Waals surface area contributed by atoms with Gasteiger partial charge in [-0.05, 0) is 23.8 Å². The maximum absolute atomic E-state index is 12.7. The lowest BCUT2D eigenvalue weighted by molar-refractivity contribution is -0.139. The summed E-state index contributed by atoms with van der Waals surface area (Å²) in [4.78, 5) is 22.5. The summed E-state index contributed by atoms with van der Waals surface area (Å²) in [6.07, 6.45) is 0.630. The van der Waals surface area contributed by atoms with E-state index in [-0.39, 0.29) is 17.2 Å². The number of amides is 1. The topological polar surface area (TPSA) is 137 Å². The number of carbonyl (C=O) groups is 2. The van der Waals surface area contributed by atoms with E-state index in [1.54, 1.807) is 12.1 Å². The second-order valence-corrected chi connectivity index (χ2v) is 8.60. The summed E-state index contributed by atoms with van der Waals surface area (Å²) in [5.41, 5.74) is 0.944. The number of hydrogen-bond acceptors (Lipinski definition) is 8. The average Bonchev–Trinajstić information content (AvgIpc) is 2.76. The monoisotopic (exact) mass is 479 g/mol. The van der Waals surface area contributed by atoms with Crippen LogP contribution in [-0.2, 0) is 25.2 Å². The molecule has 11 heteroatoms. The van der Waals surface area contributed by atoms with Gasteiger partial charge in [0.1, 0.15) is 29.4 Å². The van der Waals surface area contributed by atoms with Crippen molar-refractivity contribution >= 4 is 33.5 Å².